The SMILES string of the molecule is COCCCNC(=O)NCC1(c2ccccc2Cl)CCOCC1. The van der Waals surface area contributed by atoms with Crippen LogP contribution in [0.3, 0.4) is 0 Å². The van der Waals surface area contributed by atoms with Crippen molar-refractivity contribution in [2.45, 2.75) is 24.7 Å². The minimum atomic E-state index is -0.166. The van der Waals surface area contributed by atoms with Crippen molar-refractivity contribution >= 4 is 17.6 Å². The summed E-state index contributed by atoms with van der Waals surface area (Å²) in [5.41, 5.74) is 0.921. The highest BCUT2D eigenvalue weighted by Gasteiger charge is 2.36. The number of benzene rings is 1. The number of methoxy groups -OCH3 is 1. The zero-order chi connectivity index (χ0) is 16.5. The average molecular weight is 341 g/mol. The van der Waals surface area contributed by atoms with E-state index < -0.39 is 0 Å². The normalized spacial score (nSPS) is 16.8. The van der Waals surface area contributed by atoms with Gasteiger partial charge in [0.1, 0.15) is 0 Å². The van der Waals surface area contributed by atoms with Crippen molar-refractivity contribution in [1.82, 2.24) is 10.6 Å². The molecule has 2 rings (SSSR count). The Morgan fingerprint density at radius 2 is 2.04 bits per heavy atom. The molecule has 1 aliphatic heterocycles. The summed E-state index contributed by atoms with van der Waals surface area (Å²) in [6.45, 7) is 3.16. The quantitative estimate of drug-likeness (QED) is 0.750. The van der Waals surface area contributed by atoms with E-state index >= 15 is 0 Å². The van der Waals surface area contributed by atoms with Crippen LogP contribution in [0.1, 0.15) is 24.8 Å². The van der Waals surface area contributed by atoms with Gasteiger partial charge in [0.25, 0.3) is 0 Å². The Morgan fingerprint density at radius 3 is 2.74 bits per heavy atom. The highest BCUT2D eigenvalue weighted by Crippen LogP contribution is 2.38. The Kier molecular flexibility index (Phi) is 7.15. The molecule has 0 aromatic heterocycles. The third kappa shape index (κ3) is 5.09. The summed E-state index contributed by atoms with van der Waals surface area (Å²) in [5.74, 6) is 0. The first-order valence-corrected chi connectivity index (χ1v) is 8.39. The van der Waals surface area contributed by atoms with Gasteiger partial charge in [-0.1, -0.05) is 29.8 Å². The van der Waals surface area contributed by atoms with Crippen LogP contribution in [0.25, 0.3) is 0 Å². The summed E-state index contributed by atoms with van der Waals surface area (Å²) >= 11 is 6.40. The number of carbonyl (C=O) groups excluding carboxylic acids is 1. The van der Waals surface area contributed by atoms with Crippen LogP contribution >= 0.6 is 11.6 Å². The molecule has 0 saturated carbocycles. The second kappa shape index (κ2) is 9.11. The zero-order valence-corrected chi connectivity index (χ0v) is 14.3. The third-order valence-electron chi connectivity index (χ3n) is 4.29. The largest absolute Gasteiger partial charge is 0.385 e. The standard InChI is InChI=1S/C17H25ClN2O3/c1-22-10-4-9-19-16(21)20-13-17(7-11-23-12-8-17)14-5-2-3-6-15(14)18/h2-3,5-6H,4,7-13H2,1H3,(H2,19,20,21). The van der Waals surface area contributed by atoms with Crippen molar-refractivity contribution < 1.29 is 14.3 Å². The van der Waals surface area contributed by atoms with Gasteiger partial charge in [0, 0.05) is 50.5 Å². The lowest BCUT2D eigenvalue weighted by molar-refractivity contribution is 0.0507. The Balaban J connectivity index is 1.97. The van der Waals surface area contributed by atoms with Gasteiger partial charge in [-0.3, -0.25) is 0 Å². The van der Waals surface area contributed by atoms with Crippen molar-refractivity contribution in [1.29, 1.82) is 0 Å². The second-order valence-corrected chi connectivity index (χ2v) is 6.24. The van der Waals surface area contributed by atoms with E-state index in [1.165, 1.54) is 0 Å². The fourth-order valence-corrected chi connectivity index (χ4v) is 3.26. The molecule has 0 unspecified atom stereocenters. The van der Waals surface area contributed by atoms with E-state index in [0.717, 1.165) is 29.8 Å². The van der Waals surface area contributed by atoms with Gasteiger partial charge < -0.3 is 20.1 Å². The minimum absolute atomic E-state index is 0.154. The molecule has 0 radical (unpaired) electrons. The highest BCUT2D eigenvalue weighted by atomic mass is 35.5. The molecule has 23 heavy (non-hydrogen) atoms. The number of urea groups is 1. The van der Waals surface area contributed by atoms with Crippen molar-refractivity contribution in [3.05, 3.63) is 34.9 Å². The molecule has 0 aliphatic carbocycles. The van der Waals surface area contributed by atoms with E-state index in [9.17, 15) is 4.79 Å². The number of carbonyl (C=O) groups is 1. The van der Waals surface area contributed by atoms with E-state index in [1.54, 1.807) is 7.11 Å². The van der Waals surface area contributed by atoms with Crippen LogP contribution in [-0.4, -0.2) is 46.1 Å². The predicted molar refractivity (Wildman–Crippen MR) is 91.1 cm³/mol. The molecule has 1 aromatic carbocycles. The molecule has 0 bridgehead atoms. The first-order chi connectivity index (χ1) is 11.2. The van der Waals surface area contributed by atoms with E-state index in [4.69, 9.17) is 21.1 Å². The Bertz CT molecular complexity index is 504. The lowest BCUT2D eigenvalue weighted by Gasteiger charge is -2.38. The van der Waals surface area contributed by atoms with Gasteiger partial charge in [-0.2, -0.15) is 0 Å². The molecule has 5 nitrogen and oxygen atoms in total. The van der Waals surface area contributed by atoms with Gasteiger partial charge in [0.2, 0.25) is 0 Å². The molecule has 6 heteroatoms. The molecule has 1 aliphatic rings. The molecular weight excluding hydrogens is 316 g/mol. The molecule has 1 aromatic rings. The number of hydrogen-bond donors (Lipinski definition) is 2. The Hall–Kier alpha value is -1.30. The number of rotatable bonds is 7. The maximum atomic E-state index is 12.0. The van der Waals surface area contributed by atoms with Gasteiger partial charge in [-0.05, 0) is 30.9 Å². The maximum absolute atomic E-state index is 12.0. The van der Waals surface area contributed by atoms with Crippen molar-refractivity contribution in [2.75, 3.05) is 40.0 Å². The third-order valence-corrected chi connectivity index (χ3v) is 4.62. The molecule has 1 heterocycles. The Morgan fingerprint density at radius 1 is 1.30 bits per heavy atom. The fourth-order valence-electron chi connectivity index (χ4n) is 2.93. The summed E-state index contributed by atoms with van der Waals surface area (Å²) in [7, 11) is 1.65. The molecule has 2 N–H and O–H groups in total. The minimum Gasteiger partial charge on any atom is -0.385 e. The lowest BCUT2D eigenvalue weighted by atomic mass is 9.74. The van der Waals surface area contributed by atoms with E-state index in [-0.39, 0.29) is 11.4 Å². The van der Waals surface area contributed by atoms with Crippen LogP contribution in [0, 0.1) is 0 Å². The second-order valence-electron chi connectivity index (χ2n) is 5.83. The molecular formula is C17H25ClN2O3. The topological polar surface area (TPSA) is 59.6 Å². The number of hydrogen-bond acceptors (Lipinski definition) is 3. The molecule has 128 valence electrons. The summed E-state index contributed by atoms with van der Waals surface area (Å²) in [5, 5.41) is 6.58. The zero-order valence-electron chi connectivity index (χ0n) is 13.6. The number of ether oxygens (including phenoxy) is 2. The van der Waals surface area contributed by atoms with Gasteiger partial charge in [-0.15, -0.1) is 0 Å². The molecule has 2 amide bonds. The van der Waals surface area contributed by atoms with Crippen LogP contribution in [0.2, 0.25) is 5.02 Å². The highest BCUT2D eigenvalue weighted by molar-refractivity contribution is 6.31. The van der Waals surface area contributed by atoms with Crippen molar-refractivity contribution in [3.8, 4) is 0 Å². The average Bonchev–Trinajstić information content (AvgIpc) is 2.58. The monoisotopic (exact) mass is 340 g/mol. The van der Waals surface area contributed by atoms with Gasteiger partial charge in [-0.25, -0.2) is 4.79 Å². The number of nitrogens with one attached hydrogen (secondary N) is 2. The summed E-state index contributed by atoms with van der Waals surface area (Å²) < 4.78 is 10.5. The predicted octanol–water partition coefficient (Wildman–Crippen LogP) is 2.72. The van der Waals surface area contributed by atoms with Crippen LogP contribution in [0.4, 0.5) is 4.79 Å². The lowest BCUT2D eigenvalue weighted by Crippen LogP contribution is -2.47. The smallest absolute Gasteiger partial charge is 0.314 e. The van der Waals surface area contributed by atoms with E-state index in [0.29, 0.717) is 32.9 Å². The first-order valence-electron chi connectivity index (χ1n) is 8.01. The van der Waals surface area contributed by atoms with Crippen LogP contribution in [0.5, 0.6) is 0 Å². The molecule has 1 saturated heterocycles. The number of amides is 2. The summed E-state index contributed by atoms with van der Waals surface area (Å²) in [6.07, 6.45) is 2.49. The van der Waals surface area contributed by atoms with Crippen LogP contribution < -0.4 is 10.6 Å². The summed E-state index contributed by atoms with van der Waals surface area (Å²) in [4.78, 5) is 12.0. The first kappa shape index (κ1) is 18.0. The van der Waals surface area contributed by atoms with Gasteiger partial charge in [0.05, 0.1) is 0 Å². The maximum Gasteiger partial charge on any atom is 0.314 e. The molecule has 0 spiro atoms. The van der Waals surface area contributed by atoms with Crippen molar-refractivity contribution in [3.63, 3.8) is 0 Å². The molecule has 1 fully saturated rings. The summed E-state index contributed by atoms with van der Waals surface area (Å²) in [6, 6.07) is 7.71. The fraction of sp³-hybridized carbons (Fsp3) is 0.588. The van der Waals surface area contributed by atoms with E-state index in [1.807, 2.05) is 24.3 Å². The van der Waals surface area contributed by atoms with Crippen LogP contribution in [0.15, 0.2) is 24.3 Å². The van der Waals surface area contributed by atoms with Crippen LogP contribution in [-0.2, 0) is 14.9 Å². The van der Waals surface area contributed by atoms with Crippen molar-refractivity contribution in [2.24, 2.45) is 0 Å². The molecule has 0 atom stereocenters. The van der Waals surface area contributed by atoms with Gasteiger partial charge in [0.15, 0.2) is 0 Å². The van der Waals surface area contributed by atoms with E-state index in [2.05, 4.69) is 10.6 Å². The number of halogens is 1. The van der Waals surface area contributed by atoms with Gasteiger partial charge >= 0.3 is 6.03 Å². The Labute approximate surface area is 142 Å².